The number of aliphatic hydroxyl groups is 1. The van der Waals surface area contributed by atoms with Crippen molar-refractivity contribution in [2.24, 2.45) is 0 Å². The van der Waals surface area contributed by atoms with Gasteiger partial charge in [-0.25, -0.2) is 4.98 Å². The highest BCUT2D eigenvalue weighted by Crippen LogP contribution is 2.18. The number of imidazole rings is 1. The average molecular weight is 203 g/mol. The molecule has 0 saturated heterocycles. The van der Waals surface area contributed by atoms with Gasteiger partial charge in [0.2, 0.25) is 0 Å². The van der Waals surface area contributed by atoms with Gasteiger partial charge in [-0.2, -0.15) is 0 Å². The maximum Gasteiger partial charge on any atom is 0.0995 e. The smallest absolute Gasteiger partial charge is 0.0995 e. The molecule has 15 heavy (non-hydrogen) atoms. The SMILES string of the molecule is Cc1cn(-c2ccc(N)cc2CO)cn1. The van der Waals surface area contributed by atoms with E-state index in [1.54, 1.807) is 12.4 Å². The molecule has 0 spiro atoms. The van der Waals surface area contributed by atoms with E-state index in [-0.39, 0.29) is 6.61 Å². The fraction of sp³-hybridized carbons (Fsp3) is 0.182. The summed E-state index contributed by atoms with van der Waals surface area (Å²) in [5, 5.41) is 9.22. The summed E-state index contributed by atoms with van der Waals surface area (Å²) < 4.78 is 1.88. The Bertz CT molecular complexity index is 476. The fourth-order valence-corrected chi connectivity index (χ4v) is 1.54. The highest BCUT2D eigenvalue weighted by atomic mass is 16.3. The van der Waals surface area contributed by atoms with Gasteiger partial charge in [-0.3, -0.25) is 0 Å². The van der Waals surface area contributed by atoms with E-state index in [2.05, 4.69) is 4.98 Å². The van der Waals surface area contributed by atoms with Crippen LogP contribution in [-0.4, -0.2) is 14.7 Å². The first-order valence-electron chi connectivity index (χ1n) is 4.71. The van der Waals surface area contributed by atoms with E-state index in [1.165, 1.54) is 0 Å². The third kappa shape index (κ3) is 1.85. The monoisotopic (exact) mass is 203 g/mol. The Balaban J connectivity index is 2.52. The minimum Gasteiger partial charge on any atom is -0.399 e. The van der Waals surface area contributed by atoms with Crippen molar-refractivity contribution in [2.75, 3.05) is 5.73 Å². The van der Waals surface area contributed by atoms with E-state index in [9.17, 15) is 5.11 Å². The molecule has 2 rings (SSSR count). The maximum absolute atomic E-state index is 9.22. The molecule has 0 amide bonds. The third-order valence-electron chi connectivity index (χ3n) is 2.26. The molecular weight excluding hydrogens is 190 g/mol. The van der Waals surface area contributed by atoms with Crippen molar-refractivity contribution in [1.29, 1.82) is 0 Å². The molecule has 0 bridgehead atoms. The van der Waals surface area contributed by atoms with Gasteiger partial charge in [-0.15, -0.1) is 0 Å². The highest BCUT2D eigenvalue weighted by molar-refractivity contribution is 5.51. The molecule has 0 unspecified atom stereocenters. The van der Waals surface area contributed by atoms with Crippen molar-refractivity contribution in [2.45, 2.75) is 13.5 Å². The summed E-state index contributed by atoms with van der Waals surface area (Å²) in [6.45, 7) is 1.89. The van der Waals surface area contributed by atoms with Gasteiger partial charge >= 0.3 is 0 Å². The van der Waals surface area contributed by atoms with Crippen molar-refractivity contribution in [3.8, 4) is 5.69 Å². The standard InChI is InChI=1S/C11H13N3O/c1-8-5-14(7-13-8)11-3-2-10(12)4-9(11)6-15/h2-5,7,15H,6,12H2,1H3. The lowest BCUT2D eigenvalue weighted by Gasteiger charge is -2.08. The van der Waals surface area contributed by atoms with Crippen molar-refractivity contribution >= 4 is 5.69 Å². The Morgan fingerprint density at radius 1 is 1.47 bits per heavy atom. The summed E-state index contributed by atoms with van der Waals surface area (Å²) in [5.74, 6) is 0. The Kier molecular flexibility index (Phi) is 2.43. The molecule has 0 aliphatic heterocycles. The van der Waals surface area contributed by atoms with Crippen molar-refractivity contribution in [3.63, 3.8) is 0 Å². The van der Waals surface area contributed by atoms with Crippen molar-refractivity contribution < 1.29 is 5.11 Å². The molecule has 2 aromatic rings. The number of nitrogens with two attached hydrogens (primary N) is 1. The summed E-state index contributed by atoms with van der Waals surface area (Å²) >= 11 is 0. The first-order chi connectivity index (χ1) is 7.20. The number of hydrogen-bond acceptors (Lipinski definition) is 3. The van der Waals surface area contributed by atoms with Gasteiger partial charge in [0.05, 0.1) is 24.3 Å². The van der Waals surface area contributed by atoms with Gasteiger partial charge < -0.3 is 15.4 Å². The molecule has 4 nitrogen and oxygen atoms in total. The summed E-state index contributed by atoms with van der Waals surface area (Å²) in [7, 11) is 0. The van der Waals surface area contributed by atoms with Gasteiger partial charge in [0.25, 0.3) is 0 Å². The maximum atomic E-state index is 9.22. The lowest BCUT2D eigenvalue weighted by Crippen LogP contribution is -1.99. The molecule has 4 heteroatoms. The molecule has 78 valence electrons. The number of nitrogens with zero attached hydrogens (tertiary/aromatic N) is 2. The average Bonchev–Trinajstić information content (AvgIpc) is 2.64. The third-order valence-corrected chi connectivity index (χ3v) is 2.26. The van der Waals surface area contributed by atoms with Crippen LogP contribution in [0.3, 0.4) is 0 Å². The lowest BCUT2D eigenvalue weighted by molar-refractivity contribution is 0.281. The van der Waals surface area contributed by atoms with Gasteiger partial charge in [-0.05, 0) is 25.1 Å². The number of rotatable bonds is 2. The topological polar surface area (TPSA) is 64.1 Å². The van der Waals surface area contributed by atoms with Crippen LogP contribution in [0.5, 0.6) is 0 Å². The van der Waals surface area contributed by atoms with Crippen LogP contribution >= 0.6 is 0 Å². The molecule has 0 aliphatic rings. The first-order valence-corrected chi connectivity index (χ1v) is 4.71. The largest absolute Gasteiger partial charge is 0.399 e. The molecular formula is C11H13N3O. The summed E-state index contributed by atoms with van der Waals surface area (Å²) in [5.41, 5.74) is 8.95. The number of anilines is 1. The Morgan fingerprint density at radius 3 is 2.87 bits per heavy atom. The van der Waals surface area contributed by atoms with Gasteiger partial charge in [0.15, 0.2) is 0 Å². The predicted molar refractivity (Wildman–Crippen MR) is 58.6 cm³/mol. The van der Waals surface area contributed by atoms with Crippen LogP contribution in [0.15, 0.2) is 30.7 Å². The molecule has 1 aromatic carbocycles. The molecule has 0 atom stereocenters. The fourth-order valence-electron chi connectivity index (χ4n) is 1.54. The van der Waals surface area contributed by atoms with Crippen LogP contribution in [0.4, 0.5) is 5.69 Å². The van der Waals surface area contributed by atoms with Gasteiger partial charge in [0, 0.05) is 17.4 Å². The molecule has 1 heterocycles. The van der Waals surface area contributed by atoms with E-state index in [0.717, 1.165) is 16.9 Å². The summed E-state index contributed by atoms with van der Waals surface area (Å²) in [6.07, 6.45) is 3.63. The van der Waals surface area contributed by atoms with Crippen LogP contribution in [-0.2, 0) is 6.61 Å². The first kappa shape index (κ1) is 9.73. The van der Waals surface area contributed by atoms with Crippen LogP contribution < -0.4 is 5.73 Å². The number of aryl methyl sites for hydroxylation is 1. The zero-order chi connectivity index (χ0) is 10.8. The minimum atomic E-state index is -0.0302. The van der Waals surface area contributed by atoms with Crippen LogP contribution in [0, 0.1) is 6.92 Å². The predicted octanol–water partition coefficient (Wildman–Crippen LogP) is 1.26. The zero-order valence-corrected chi connectivity index (χ0v) is 8.51. The Hall–Kier alpha value is -1.81. The molecule has 1 aromatic heterocycles. The van der Waals surface area contributed by atoms with Crippen LogP contribution in [0.1, 0.15) is 11.3 Å². The normalized spacial score (nSPS) is 10.5. The van der Waals surface area contributed by atoms with Crippen molar-refractivity contribution in [3.05, 3.63) is 42.0 Å². The van der Waals surface area contributed by atoms with Crippen molar-refractivity contribution in [1.82, 2.24) is 9.55 Å². The van der Waals surface area contributed by atoms with E-state index in [0.29, 0.717) is 5.69 Å². The lowest BCUT2D eigenvalue weighted by atomic mass is 10.1. The van der Waals surface area contributed by atoms with Crippen LogP contribution in [0.25, 0.3) is 5.69 Å². The molecule has 0 aliphatic carbocycles. The van der Waals surface area contributed by atoms with E-state index in [1.807, 2.05) is 29.8 Å². The number of nitrogen functional groups attached to an aromatic ring is 1. The quantitative estimate of drug-likeness (QED) is 0.722. The van der Waals surface area contributed by atoms with E-state index in [4.69, 9.17) is 5.73 Å². The number of hydrogen-bond donors (Lipinski definition) is 2. The van der Waals surface area contributed by atoms with E-state index >= 15 is 0 Å². The number of aromatic nitrogens is 2. The van der Waals surface area contributed by atoms with Gasteiger partial charge in [0.1, 0.15) is 0 Å². The minimum absolute atomic E-state index is 0.0302. The summed E-state index contributed by atoms with van der Waals surface area (Å²) in [4.78, 5) is 4.14. The van der Waals surface area contributed by atoms with Gasteiger partial charge in [-0.1, -0.05) is 0 Å². The molecule has 0 radical (unpaired) electrons. The Labute approximate surface area is 88.0 Å². The molecule has 3 N–H and O–H groups in total. The number of aliphatic hydroxyl groups excluding tert-OH is 1. The molecule has 0 saturated carbocycles. The second kappa shape index (κ2) is 3.74. The Morgan fingerprint density at radius 2 is 2.27 bits per heavy atom. The zero-order valence-electron chi connectivity index (χ0n) is 8.51. The molecule has 0 fully saturated rings. The summed E-state index contributed by atoms with van der Waals surface area (Å²) in [6, 6.07) is 5.45. The second-order valence-electron chi connectivity index (χ2n) is 3.47. The van der Waals surface area contributed by atoms with Crippen LogP contribution in [0.2, 0.25) is 0 Å². The number of benzene rings is 1. The van der Waals surface area contributed by atoms with E-state index < -0.39 is 0 Å². The highest BCUT2D eigenvalue weighted by Gasteiger charge is 2.04. The second-order valence-corrected chi connectivity index (χ2v) is 3.47.